The maximum atomic E-state index is 10.8. The quantitative estimate of drug-likeness (QED) is 0.518. The predicted molar refractivity (Wildman–Crippen MR) is 84.9 cm³/mol. The molecule has 0 aromatic carbocycles. The number of carbonyl (C=O) groups is 1. The summed E-state index contributed by atoms with van der Waals surface area (Å²) in [6.45, 7) is 6.13. The molecule has 0 aromatic rings. The molecule has 1 aliphatic heterocycles. The van der Waals surface area contributed by atoms with Crippen LogP contribution < -0.4 is 0 Å². The van der Waals surface area contributed by atoms with Gasteiger partial charge in [-0.3, -0.25) is 4.90 Å². The Hall–Kier alpha value is -0.490. The molecule has 128 valence electrons. The van der Waals surface area contributed by atoms with E-state index in [1.807, 2.05) is 0 Å². The van der Waals surface area contributed by atoms with E-state index < -0.39 is 0 Å². The average molecular weight is 313 g/mol. The van der Waals surface area contributed by atoms with E-state index >= 15 is 0 Å². The predicted octanol–water partition coefficient (Wildman–Crippen LogP) is 1.62. The number of hydrogen-bond acceptors (Lipinski definition) is 5. The molecule has 1 saturated carbocycles. The van der Waals surface area contributed by atoms with E-state index in [9.17, 15) is 9.90 Å². The van der Waals surface area contributed by atoms with Crippen LogP contribution in [0.25, 0.3) is 0 Å². The lowest BCUT2D eigenvalue weighted by Gasteiger charge is -2.37. The Morgan fingerprint density at radius 1 is 1.32 bits per heavy atom. The van der Waals surface area contributed by atoms with E-state index in [1.165, 1.54) is 12.8 Å². The van der Waals surface area contributed by atoms with Crippen molar-refractivity contribution in [3.8, 4) is 0 Å². The number of hydrogen-bond donors (Lipinski definition) is 1. The Balaban J connectivity index is 1.94. The van der Waals surface area contributed by atoms with Crippen molar-refractivity contribution < 1.29 is 19.4 Å². The lowest BCUT2D eigenvalue weighted by Crippen LogP contribution is -2.50. The van der Waals surface area contributed by atoms with Gasteiger partial charge in [0.2, 0.25) is 0 Å². The molecule has 5 nitrogen and oxygen atoms in total. The van der Waals surface area contributed by atoms with Crippen molar-refractivity contribution in [2.75, 3.05) is 32.9 Å². The fraction of sp³-hybridized carbons (Fsp3) is 0.941. The third kappa shape index (κ3) is 4.75. The van der Waals surface area contributed by atoms with Gasteiger partial charge in [-0.25, -0.2) is 0 Å². The van der Waals surface area contributed by atoms with Gasteiger partial charge in [-0.15, -0.1) is 0 Å². The molecular weight excluding hydrogens is 282 g/mol. The van der Waals surface area contributed by atoms with E-state index in [4.69, 9.17) is 9.47 Å². The Morgan fingerprint density at radius 3 is 2.77 bits per heavy atom. The first-order valence-electron chi connectivity index (χ1n) is 8.83. The first-order chi connectivity index (χ1) is 10.8. The van der Waals surface area contributed by atoms with Crippen LogP contribution in [0.1, 0.15) is 45.4 Å². The van der Waals surface area contributed by atoms with Gasteiger partial charge < -0.3 is 19.4 Å². The minimum Gasteiger partial charge on any atom is -0.391 e. The summed E-state index contributed by atoms with van der Waals surface area (Å²) in [6, 6.07) is 0.111. The van der Waals surface area contributed by atoms with Crippen molar-refractivity contribution >= 4 is 6.29 Å². The van der Waals surface area contributed by atoms with Crippen LogP contribution in [0, 0.1) is 5.92 Å². The summed E-state index contributed by atoms with van der Waals surface area (Å²) in [5.74, 6) is 0.250. The molecule has 0 unspecified atom stereocenters. The lowest BCUT2D eigenvalue weighted by molar-refractivity contribution is -0.108. The first kappa shape index (κ1) is 17.9. The zero-order valence-electron chi connectivity index (χ0n) is 13.8. The van der Waals surface area contributed by atoms with E-state index in [2.05, 4.69) is 11.8 Å². The van der Waals surface area contributed by atoms with Crippen LogP contribution in [-0.4, -0.2) is 67.5 Å². The molecule has 4 atom stereocenters. The zero-order valence-corrected chi connectivity index (χ0v) is 13.8. The van der Waals surface area contributed by atoms with Gasteiger partial charge in [0.1, 0.15) is 6.29 Å². The van der Waals surface area contributed by atoms with E-state index in [-0.39, 0.29) is 24.2 Å². The van der Waals surface area contributed by atoms with Gasteiger partial charge in [0.05, 0.1) is 25.4 Å². The minimum atomic E-state index is -0.356. The second kappa shape index (κ2) is 9.60. The fourth-order valence-electron chi connectivity index (χ4n) is 3.84. The number of morpholine rings is 1. The minimum absolute atomic E-state index is 0.0830. The Kier molecular flexibility index (Phi) is 7.80. The van der Waals surface area contributed by atoms with Crippen LogP contribution in [0.15, 0.2) is 0 Å². The smallest absolute Gasteiger partial charge is 0.120 e. The highest BCUT2D eigenvalue weighted by atomic mass is 16.5. The summed E-state index contributed by atoms with van der Waals surface area (Å²) in [5.41, 5.74) is 0. The van der Waals surface area contributed by atoms with Crippen molar-refractivity contribution in [2.24, 2.45) is 5.92 Å². The highest BCUT2D eigenvalue weighted by Gasteiger charge is 2.45. The van der Waals surface area contributed by atoms with E-state index in [0.717, 1.165) is 52.0 Å². The maximum absolute atomic E-state index is 10.8. The molecule has 0 aromatic heterocycles. The summed E-state index contributed by atoms with van der Waals surface area (Å²) in [4.78, 5) is 13.1. The number of aliphatic hydroxyl groups excluding tert-OH is 1. The SMILES string of the molecule is CCCCCO[C@@H]1C[C@H](O)[C@@H](N2CCOCC2)[C@@H]1CCC=O. The van der Waals surface area contributed by atoms with Crippen LogP contribution in [0.4, 0.5) is 0 Å². The van der Waals surface area contributed by atoms with Gasteiger partial charge in [0.15, 0.2) is 0 Å². The van der Waals surface area contributed by atoms with Crippen LogP contribution in [0.2, 0.25) is 0 Å². The zero-order chi connectivity index (χ0) is 15.8. The van der Waals surface area contributed by atoms with Crippen molar-refractivity contribution in [1.82, 2.24) is 4.90 Å². The number of aliphatic hydroxyl groups is 1. The molecule has 1 N–H and O–H groups in total. The summed E-state index contributed by atoms with van der Waals surface area (Å²) in [6.07, 6.45) is 6.20. The molecule has 1 heterocycles. The van der Waals surface area contributed by atoms with Crippen LogP contribution in [-0.2, 0) is 14.3 Å². The maximum Gasteiger partial charge on any atom is 0.120 e. The second-order valence-electron chi connectivity index (χ2n) is 6.47. The van der Waals surface area contributed by atoms with Crippen molar-refractivity contribution in [3.63, 3.8) is 0 Å². The average Bonchev–Trinajstić information content (AvgIpc) is 2.86. The molecule has 0 radical (unpaired) electrons. The summed E-state index contributed by atoms with van der Waals surface area (Å²) >= 11 is 0. The molecule has 0 bridgehead atoms. The van der Waals surface area contributed by atoms with Crippen molar-refractivity contribution in [3.05, 3.63) is 0 Å². The Labute approximate surface area is 134 Å². The molecule has 2 rings (SSSR count). The highest BCUT2D eigenvalue weighted by Crippen LogP contribution is 2.36. The van der Waals surface area contributed by atoms with E-state index in [0.29, 0.717) is 12.8 Å². The highest BCUT2D eigenvalue weighted by molar-refractivity contribution is 5.49. The Morgan fingerprint density at radius 2 is 2.09 bits per heavy atom. The monoisotopic (exact) mass is 313 g/mol. The lowest BCUT2D eigenvalue weighted by atomic mass is 9.94. The molecule has 1 saturated heterocycles. The summed E-state index contributed by atoms with van der Waals surface area (Å²) < 4.78 is 11.5. The molecule has 5 heteroatoms. The number of carbonyl (C=O) groups excluding carboxylic acids is 1. The normalized spacial score (nSPS) is 33.2. The summed E-state index contributed by atoms with van der Waals surface area (Å²) in [7, 11) is 0. The van der Waals surface area contributed by atoms with Gasteiger partial charge in [-0.2, -0.15) is 0 Å². The standard InChI is InChI=1S/C17H31NO4/c1-2-3-4-10-22-16-13-15(20)17(14(16)6-5-9-19)18-7-11-21-12-8-18/h9,14-17,20H,2-8,10-13H2,1H3/t14-,15+,16-,17+/m1/s1. The Bertz CT molecular complexity index is 320. The second-order valence-corrected chi connectivity index (χ2v) is 6.47. The number of aldehydes is 1. The summed E-state index contributed by atoms with van der Waals surface area (Å²) in [5, 5.41) is 10.5. The first-order valence-corrected chi connectivity index (χ1v) is 8.83. The molecule has 2 fully saturated rings. The van der Waals surface area contributed by atoms with Crippen LogP contribution in [0.5, 0.6) is 0 Å². The van der Waals surface area contributed by atoms with Crippen LogP contribution in [0.3, 0.4) is 0 Å². The third-order valence-corrected chi connectivity index (χ3v) is 4.95. The fourth-order valence-corrected chi connectivity index (χ4v) is 3.84. The molecule has 2 aliphatic rings. The van der Waals surface area contributed by atoms with Gasteiger partial charge >= 0.3 is 0 Å². The van der Waals surface area contributed by atoms with Gasteiger partial charge in [0, 0.05) is 44.5 Å². The third-order valence-electron chi connectivity index (χ3n) is 4.95. The molecule has 1 aliphatic carbocycles. The number of ether oxygens (including phenoxy) is 2. The van der Waals surface area contributed by atoms with Crippen LogP contribution >= 0.6 is 0 Å². The van der Waals surface area contributed by atoms with Crippen molar-refractivity contribution in [2.45, 2.75) is 63.7 Å². The largest absolute Gasteiger partial charge is 0.391 e. The van der Waals surface area contributed by atoms with Crippen molar-refractivity contribution in [1.29, 1.82) is 0 Å². The van der Waals surface area contributed by atoms with Gasteiger partial charge in [-0.1, -0.05) is 19.8 Å². The number of nitrogens with zero attached hydrogens (tertiary/aromatic N) is 1. The number of unbranched alkanes of at least 4 members (excludes halogenated alkanes) is 2. The molecular formula is C17H31NO4. The van der Waals surface area contributed by atoms with Gasteiger partial charge in [-0.05, 0) is 12.8 Å². The van der Waals surface area contributed by atoms with E-state index in [1.54, 1.807) is 0 Å². The number of rotatable bonds is 9. The molecule has 0 amide bonds. The van der Waals surface area contributed by atoms with Gasteiger partial charge in [0.25, 0.3) is 0 Å². The molecule has 22 heavy (non-hydrogen) atoms. The molecule has 0 spiro atoms. The topological polar surface area (TPSA) is 59.0 Å².